The van der Waals surface area contributed by atoms with E-state index in [9.17, 15) is 4.79 Å². The van der Waals surface area contributed by atoms with Crippen LogP contribution in [0.2, 0.25) is 5.02 Å². The number of allylic oxidation sites excluding steroid dienone is 1. The molecule has 0 aliphatic rings. The average Bonchev–Trinajstić information content (AvgIpc) is 2.53. The van der Waals surface area contributed by atoms with E-state index < -0.39 is 5.24 Å². The van der Waals surface area contributed by atoms with Crippen LogP contribution >= 0.6 is 39.1 Å². The van der Waals surface area contributed by atoms with E-state index >= 15 is 0 Å². The molecule has 0 radical (unpaired) electrons. The summed E-state index contributed by atoms with van der Waals surface area (Å²) >= 11 is 14.6. The molecule has 0 N–H and O–H groups in total. The van der Waals surface area contributed by atoms with Gasteiger partial charge in [-0.15, -0.1) is 0 Å². The number of carbonyl (C=O) groups excluding carboxylic acids is 1. The summed E-state index contributed by atoms with van der Waals surface area (Å²) in [7, 11) is 1.55. The van der Waals surface area contributed by atoms with E-state index in [0.717, 1.165) is 11.1 Å². The van der Waals surface area contributed by atoms with E-state index in [1.165, 1.54) is 6.08 Å². The van der Waals surface area contributed by atoms with Gasteiger partial charge in [-0.25, -0.2) is 0 Å². The largest absolute Gasteiger partial charge is 0.493 e. The van der Waals surface area contributed by atoms with E-state index in [0.29, 0.717) is 27.6 Å². The molecule has 0 saturated carbocycles. The van der Waals surface area contributed by atoms with Gasteiger partial charge in [-0.1, -0.05) is 23.7 Å². The van der Waals surface area contributed by atoms with Gasteiger partial charge in [-0.3, -0.25) is 4.79 Å². The van der Waals surface area contributed by atoms with E-state index in [4.69, 9.17) is 32.7 Å². The Kier molecular flexibility index (Phi) is 6.51. The molecule has 0 amide bonds. The molecule has 0 aliphatic heterocycles. The van der Waals surface area contributed by atoms with Crippen LogP contribution in [0.15, 0.2) is 46.9 Å². The Bertz CT molecular complexity index is 727. The monoisotopic (exact) mass is 414 g/mol. The molecule has 2 rings (SSSR count). The molecule has 2 aromatic carbocycles. The molecule has 3 nitrogen and oxygen atoms in total. The number of methoxy groups -OCH3 is 1. The first-order valence-electron chi connectivity index (χ1n) is 6.62. The van der Waals surface area contributed by atoms with Crippen LogP contribution < -0.4 is 9.47 Å². The fourth-order valence-electron chi connectivity index (χ4n) is 1.87. The molecule has 0 unspecified atom stereocenters. The van der Waals surface area contributed by atoms with Crippen LogP contribution in [0.4, 0.5) is 0 Å². The van der Waals surface area contributed by atoms with Crippen LogP contribution in [-0.2, 0) is 11.4 Å². The summed E-state index contributed by atoms with van der Waals surface area (Å²) < 4.78 is 11.9. The van der Waals surface area contributed by atoms with Crippen molar-refractivity contribution in [2.24, 2.45) is 0 Å². The molecule has 0 atom stereocenters. The summed E-state index contributed by atoms with van der Waals surface area (Å²) in [5, 5.41) is 0.139. The molecule has 0 bridgehead atoms. The molecule has 2 aromatic rings. The summed E-state index contributed by atoms with van der Waals surface area (Å²) in [4.78, 5) is 10.8. The predicted molar refractivity (Wildman–Crippen MR) is 96.4 cm³/mol. The molecule has 0 aromatic heterocycles. The number of hydrogen-bond acceptors (Lipinski definition) is 3. The Hall–Kier alpha value is -1.49. The Morgan fingerprint density at radius 1 is 1.26 bits per heavy atom. The second-order valence-electron chi connectivity index (χ2n) is 4.59. The first-order valence-corrected chi connectivity index (χ1v) is 8.17. The van der Waals surface area contributed by atoms with Crippen molar-refractivity contribution < 1.29 is 14.3 Å². The quantitative estimate of drug-likeness (QED) is 0.463. The number of halogens is 3. The zero-order chi connectivity index (χ0) is 16.8. The second-order valence-corrected chi connectivity index (χ2v) is 6.25. The Balaban J connectivity index is 2.20. The van der Waals surface area contributed by atoms with E-state index in [1.807, 2.05) is 30.3 Å². The third kappa shape index (κ3) is 5.27. The number of carbonyl (C=O) groups is 1. The summed E-state index contributed by atoms with van der Waals surface area (Å²) in [5.41, 5.74) is 1.75. The number of benzene rings is 2. The van der Waals surface area contributed by atoms with Gasteiger partial charge in [-0.2, -0.15) is 0 Å². The standard InChI is InChI=1S/C17H13BrCl2O3/c1-22-15-9-12(4-7-16(20)21)8-14(18)17(15)23-10-11-2-5-13(19)6-3-11/h2-9H,10H2,1H3/b7-4+. The van der Waals surface area contributed by atoms with Gasteiger partial charge in [0.25, 0.3) is 0 Å². The highest BCUT2D eigenvalue weighted by atomic mass is 79.9. The fourth-order valence-corrected chi connectivity index (χ4v) is 2.64. The average molecular weight is 416 g/mol. The third-order valence-electron chi connectivity index (χ3n) is 2.96. The molecule has 0 aliphatic carbocycles. The zero-order valence-electron chi connectivity index (χ0n) is 12.2. The molecule has 0 spiro atoms. The van der Waals surface area contributed by atoms with E-state index in [-0.39, 0.29) is 0 Å². The highest BCUT2D eigenvalue weighted by Gasteiger charge is 2.11. The molecule has 120 valence electrons. The van der Waals surface area contributed by atoms with E-state index in [1.54, 1.807) is 19.3 Å². The van der Waals surface area contributed by atoms with Gasteiger partial charge in [-0.05, 0) is 75.1 Å². The normalized spacial score (nSPS) is 10.8. The van der Waals surface area contributed by atoms with Gasteiger partial charge in [0.05, 0.1) is 11.6 Å². The van der Waals surface area contributed by atoms with Crippen molar-refractivity contribution in [1.29, 1.82) is 0 Å². The smallest absolute Gasteiger partial charge is 0.245 e. The van der Waals surface area contributed by atoms with Crippen molar-refractivity contribution in [3.05, 3.63) is 63.1 Å². The lowest BCUT2D eigenvalue weighted by Crippen LogP contribution is -1.99. The van der Waals surface area contributed by atoms with Crippen LogP contribution in [0.3, 0.4) is 0 Å². The lowest BCUT2D eigenvalue weighted by Gasteiger charge is -2.13. The van der Waals surface area contributed by atoms with Crippen molar-refractivity contribution in [2.75, 3.05) is 7.11 Å². The Morgan fingerprint density at radius 3 is 2.57 bits per heavy atom. The third-order valence-corrected chi connectivity index (χ3v) is 3.92. The van der Waals surface area contributed by atoms with Crippen molar-refractivity contribution in [3.8, 4) is 11.5 Å². The maximum atomic E-state index is 10.8. The molecule has 6 heteroatoms. The molecule has 23 heavy (non-hydrogen) atoms. The van der Waals surface area contributed by atoms with Crippen molar-refractivity contribution in [1.82, 2.24) is 0 Å². The van der Waals surface area contributed by atoms with Gasteiger partial charge in [0.2, 0.25) is 5.24 Å². The minimum absolute atomic E-state index is 0.376. The molecular formula is C17H13BrCl2O3. The second kappa shape index (κ2) is 8.39. The first kappa shape index (κ1) is 17.9. The maximum Gasteiger partial charge on any atom is 0.245 e. The van der Waals surface area contributed by atoms with Gasteiger partial charge in [0.1, 0.15) is 6.61 Å². The van der Waals surface area contributed by atoms with Crippen LogP contribution in [0.1, 0.15) is 11.1 Å². The summed E-state index contributed by atoms with van der Waals surface area (Å²) in [6.07, 6.45) is 2.88. The summed E-state index contributed by atoms with van der Waals surface area (Å²) in [6, 6.07) is 11.0. The minimum Gasteiger partial charge on any atom is -0.493 e. The minimum atomic E-state index is -0.539. The number of rotatable bonds is 6. The van der Waals surface area contributed by atoms with E-state index in [2.05, 4.69) is 15.9 Å². The number of hydrogen-bond donors (Lipinski definition) is 0. The Labute approximate surface area is 152 Å². The van der Waals surface area contributed by atoms with Crippen molar-refractivity contribution >= 4 is 50.5 Å². The highest BCUT2D eigenvalue weighted by molar-refractivity contribution is 9.10. The molecule has 0 heterocycles. The van der Waals surface area contributed by atoms with Gasteiger partial charge >= 0.3 is 0 Å². The predicted octanol–water partition coefficient (Wildman–Crippen LogP) is 5.47. The molecule has 0 saturated heterocycles. The fraction of sp³-hybridized carbons (Fsp3) is 0.118. The lowest BCUT2D eigenvalue weighted by molar-refractivity contribution is -0.107. The van der Waals surface area contributed by atoms with Gasteiger partial charge in [0.15, 0.2) is 11.5 Å². The van der Waals surface area contributed by atoms with Crippen molar-refractivity contribution in [2.45, 2.75) is 6.61 Å². The van der Waals surface area contributed by atoms with Gasteiger partial charge in [0, 0.05) is 5.02 Å². The van der Waals surface area contributed by atoms with Crippen LogP contribution in [-0.4, -0.2) is 12.4 Å². The molecule has 0 fully saturated rings. The lowest BCUT2D eigenvalue weighted by atomic mass is 10.2. The van der Waals surface area contributed by atoms with Crippen LogP contribution in [0.5, 0.6) is 11.5 Å². The topological polar surface area (TPSA) is 35.5 Å². The zero-order valence-corrected chi connectivity index (χ0v) is 15.3. The van der Waals surface area contributed by atoms with Crippen molar-refractivity contribution in [3.63, 3.8) is 0 Å². The summed E-state index contributed by atoms with van der Waals surface area (Å²) in [6.45, 7) is 0.376. The number of ether oxygens (including phenoxy) is 2. The van der Waals surface area contributed by atoms with Crippen LogP contribution in [0.25, 0.3) is 6.08 Å². The van der Waals surface area contributed by atoms with Gasteiger partial charge < -0.3 is 9.47 Å². The first-order chi connectivity index (χ1) is 11.0. The highest BCUT2D eigenvalue weighted by Crippen LogP contribution is 2.37. The molecular weight excluding hydrogens is 403 g/mol. The Morgan fingerprint density at radius 2 is 1.96 bits per heavy atom. The van der Waals surface area contributed by atoms with Crippen LogP contribution in [0, 0.1) is 0 Å². The SMILES string of the molecule is COc1cc(/C=C/C(=O)Cl)cc(Br)c1OCc1ccc(Cl)cc1. The maximum absolute atomic E-state index is 10.8. The summed E-state index contributed by atoms with van der Waals surface area (Å²) in [5.74, 6) is 1.13.